The number of rotatable bonds is 5. The molecule has 0 aliphatic carbocycles. The van der Waals surface area contributed by atoms with Crippen molar-refractivity contribution in [1.29, 1.82) is 0 Å². The van der Waals surface area contributed by atoms with Crippen molar-refractivity contribution in [3.63, 3.8) is 0 Å². The molecule has 0 aromatic heterocycles. The van der Waals surface area contributed by atoms with Crippen molar-refractivity contribution in [3.05, 3.63) is 35.4 Å². The van der Waals surface area contributed by atoms with E-state index < -0.39 is 23.2 Å². The third-order valence-electron chi connectivity index (χ3n) is 2.15. The second-order valence-electron chi connectivity index (χ2n) is 3.44. The average molecular weight is 228 g/mol. The molecule has 0 fully saturated rings. The van der Waals surface area contributed by atoms with E-state index in [1.165, 1.54) is 6.07 Å². The smallest absolute Gasteiger partial charge is 0.344 e. The topological polar surface area (TPSA) is 26.3 Å². The standard InChI is InChI=1S/C12H14F2O2/c1-2-3-4-8-16-12(15)11-9(13)6-5-7-10(11)14/h5-7H,2-4,8H2,1H3. The number of carbonyl (C=O) groups is 1. The number of esters is 1. The van der Waals surface area contributed by atoms with Gasteiger partial charge in [-0.1, -0.05) is 25.8 Å². The summed E-state index contributed by atoms with van der Waals surface area (Å²) in [5.74, 6) is -2.72. The summed E-state index contributed by atoms with van der Waals surface area (Å²) in [5, 5.41) is 0. The van der Waals surface area contributed by atoms with Gasteiger partial charge >= 0.3 is 5.97 Å². The van der Waals surface area contributed by atoms with E-state index in [0.29, 0.717) is 6.42 Å². The minimum Gasteiger partial charge on any atom is -0.462 e. The van der Waals surface area contributed by atoms with Gasteiger partial charge in [0.05, 0.1) is 6.61 Å². The number of hydrogen-bond acceptors (Lipinski definition) is 2. The second-order valence-corrected chi connectivity index (χ2v) is 3.44. The molecule has 0 bridgehead atoms. The van der Waals surface area contributed by atoms with Crippen molar-refractivity contribution >= 4 is 5.97 Å². The van der Waals surface area contributed by atoms with Crippen LogP contribution in [0.2, 0.25) is 0 Å². The van der Waals surface area contributed by atoms with E-state index in [2.05, 4.69) is 0 Å². The highest BCUT2D eigenvalue weighted by molar-refractivity contribution is 5.89. The number of halogens is 2. The molecule has 0 unspecified atom stereocenters. The van der Waals surface area contributed by atoms with E-state index in [-0.39, 0.29) is 6.61 Å². The summed E-state index contributed by atoms with van der Waals surface area (Å²) in [6.45, 7) is 2.21. The zero-order valence-electron chi connectivity index (χ0n) is 9.13. The van der Waals surface area contributed by atoms with Gasteiger partial charge in [-0.05, 0) is 18.6 Å². The molecule has 0 aliphatic rings. The van der Waals surface area contributed by atoms with Gasteiger partial charge in [0.15, 0.2) is 0 Å². The van der Waals surface area contributed by atoms with Crippen molar-refractivity contribution in [2.75, 3.05) is 6.61 Å². The quantitative estimate of drug-likeness (QED) is 0.571. The van der Waals surface area contributed by atoms with Crippen LogP contribution in [0.25, 0.3) is 0 Å². The van der Waals surface area contributed by atoms with Gasteiger partial charge in [-0.3, -0.25) is 0 Å². The average Bonchev–Trinajstić information content (AvgIpc) is 2.24. The van der Waals surface area contributed by atoms with Crippen LogP contribution >= 0.6 is 0 Å². The largest absolute Gasteiger partial charge is 0.462 e. The maximum atomic E-state index is 13.1. The molecule has 0 heterocycles. The molecule has 0 spiro atoms. The van der Waals surface area contributed by atoms with Gasteiger partial charge in [0.2, 0.25) is 0 Å². The Bertz CT molecular complexity index is 344. The Hall–Kier alpha value is -1.45. The minimum absolute atomic E-state index is 0.195. The van der Waals surface area contributed by atoms with E-state index >= 15 is 0 Å². The fourth-order valence-corrected chi connectivity index (χ4v) is 1.28. The van der Waals surface area contributed by atoms with Crippen molar-refractivity contribution in [2.24, 2.45) is 0 Å². The molecule has 88 valence electrons. The molecular weight excluding hydrogens is 214 g/mol. The van der Waals surface area contributed by atoms with Crippen LogP contribution in [0.15, 0.2) is 18.2 Å². The zero-order valence-corrected chi connectivity index (χ0v) is 9.13. The Morgan fingerprint density at radius 1 is 1.25 bits per heavy atom. The van der Waals surface area contributed by atoms with Crippen LogP contribution in [-0.2, 0) is 4.74 Å². The predicted octanol–water partition coefficient (Wildman–Crippen LogP) is 3.31. The minimum atomic E-state index is -0.938. The Labute approximate surface area is 93.2 Å². The molecule has 16 heavy (non-hydrogen) atoms. The summed E-state index contributed by atoms with van der Waals surface area (Å²) in [4.78, 5) is 11.3. The lowest BCUT2D eigenvalue weighted by Gasteiger charge is -2.05. The molecule has 0 N–H and O–H groups in total. The Balaban J connectivity index is 2.59. The van der Waals surface area contributed by atoms with Gasteiger partial charge < -0.3 is 4.74 Å². The molecule has 0 atom stereocenters. The van der Waals surface area contributed by atoms with Crippen LogP contribution in [0.5, 0.6) is 0 Å². The summed E-state index contributed by atoms with van der Waals surface area (Å²) in [6, 6.07) is 3.27. The van der Waals surface area contributed by atoms with E-state index in [1.807, 2.05) is 6.92 Å². The van der Waals surface area contributed by atoms with Gasteiger partial charge in [0.1, 0.15) is 17.2 Å². The van der Waals surface area contributed by atoms with E-state index in [9.17, 15) is 13.6 Å². The van der Waals surface area contributed by atoms with E-state index in [0.717, 1.165) is 25.0 Å². The molecule has 2 nitrogen and oxygen atoms in total. The molecule has 1 aromatic carbocycles. The summed E-state index contributed by atoms with van der Waals surface area (Å²) < 4.78 is 31.0. The lowest BCUT2D eigenvalue weighted by Crippen LogP contribution is -2.11. The SMILES string of the molecule is CCCCCOC(=O)c1c(F)cccc1F. The monoisotopic (exact) mass is 228 g/mol. The van der Waals surface area contributed by atoms with Crippen LogP contribution < -0.4 is 0 Å². The maximum Gasteiger partial charge on any atom is 0.344 e. The van der Waals surface area contributed by atoms with Crippen LogP contribution in [0.1, 0.15) is 36.5 Å². The molecular formula is C12H14F2O2. The zero-order chi connectivity index (χ0) is 12.0. The third-order valence-corrected chi connectivity index (χ3v) is 2.15. The van der Waals surface area contributed by atoms with Crippen LogP contribution in [-0.4, -0.2) is 12.6 Å². The highest BCUT2D eigenvalue weighted by Crippen LogP contribution is 2.13. The molecule has 0 aliphatic heterocycles. The summed E-state index contributed by atoms with van der Waals surface area (Å²) in [7, 11) is 0. The second kappa shape index (κ2) is 6.20. The highest BCUT2D eigenvalue weighted by atomic mass is 19.1. The normalized spacial score (nSPS) is 10.2. The van der Waals surface area contributed by atoms with Crippen molar-refractivity contribution < 1.29 is 18.3 Å². The number of hydrogen-bond donors (Lipinski definition) is 0. The fraction of sp³-hybridized carbons (Fsp3) is 0.417. The fourth-order valence-electron chi connectivity index (χ4n) is 1.28. The molecule has 1 rings (SSSR count). The molecule has 0 amide bonds. The Kier molecular flexibility index (Phi) is 4.89. The number of unbranched alkanes of at least 4 members (excludes halogenated alkanes) is 2. The first-order valence-electron chi connectivity index (χ1n) is 5.28. The van der Waals surface area contributed by atoms with Gasteiger partial charge in [0.25, 0.3) is 0 Å². The van der Waals surface area contributed by atoms with E-state index in [4.69, 9.17) is 4.74 Å². The third kappa shape index (κ3) is 3.29. The van der Waals surface area contributed by atoms with E-state index in [1.54, 1.807) is 0 Å². The van der Waals surface area contributed by atoms with Crippen molar-refractivity contribution in [3.8, 4) is 0 Å². The first-order valence-corrected chi connectivity index (χ1v) is 5.28. The summed E-state index contributed by atoms with van der Waals surface area (Å²) >= 11 is 0. The van der Waals surface area contributed by atoms with Gasteiger partial charge in [-0.15, -0.1) is 0 Å². The summed E-state index contributed by atoms with van der Waals surface area (Å²) in [5.41, 5.74) is -0.612. The molecule has 4 heteroatoms. The number of benzene rings is 1. The lowest BCUT2D eigenvalue weighted by atomic mass is 10.2. The molecule has 0 saturated heterocycles. The van der Waals surface area contributed by atoms with Crippen molar-refractivity contribution in [1.82, 2.24) is 0 Å². The Morgan fingerprint density at radius 2 is 1.88 bits per heavy atom. The molecule has 0 saturated carbocycles. The lowest BCUT2D eigenvalue weighted by molar-refractivity contribution is 0.0487. The van der Waals surface area contributed by atoms with Crippen molar-refractivity contribution in [2.45, 2.75) is 26.2 Å². The first-order chi connectivity index (χ1) is 7.66. The van der Waals surface area contributed by atoms with Crippen LogP contribution in [0.4, 0.5) is 8.78 Å². The van der Waals surface area contributed by atoms with Crippen LogP contribution in [0, 0.1) is 11.6 Å². The molecule has 1 aromatic rings. The van der Waals surface area contributed by atoms with Gasteiger partial charge in [0, 0.05) is 0 Å². The number of ether oxygens (including phenoxy) is 1. The van der Waals surface area contributed by atoms with Crippen LogP contribution in [0.3, 0.4) is 0 Å². The highest BCUT2D eigenvalue weighted by Gasteiger charge is 2.17. The first kappa shape index (κ1) is 12.6. The van der Waals surface area contributed by atoms with Gasteiger partial charge in [-0.2, -0.15) is 0 Å². The maximum absolute atomic E-state index is 13.1. The molecule has 0 radical (unpaired) electrons. The predicted molar refractivity (Wildman–Crippen MR) is 56.2 cm³/mol. The van der Waals surface area contributed by atoms with Gasteiger partial charge in [-0.25, -0.2) is 13.6 Å². The Morgan fingerprint density at radius 3 is 2.44 bits per heavy atom. The summed E-state index contributed by atoms with van der Waals surface area (Å²) in [6.07, 6.45) is 2.62. The number of carbonyl (C=O) groups excluding carboxylic acids is 1.